The second kappa shape index (κ2) is 5.07. The van der Waals surface area contributed by atoms with Crippen LogP contribution in [0.1, 0.15) is 71.8 Å². The van der Waals surface area contributed by atoms with E-state index in [0.717, 1.165) is 49.7 Å². The summed E-state index contributed by atoms with van der Waals surface area (Å²) in [6, 6.07) is 3.58. The summed E-state index contributed by atoms with van der Waals surface area (Å²) in [7, 11) is -3.34. The lowest BCUT2D eigenvalue weighted by Gasteiger charge is -2.17. The minimum Gasteiger partial charge on any atom is -0.276 e. The van der Waals surface area contributed by atoms with E-state index in [9.17, 15) is 13.2 Å². The standard InChI is InChI=1S/C17H19ClO3S/c18-17(19)14-8-7-13(11-3-4-11)16(15(14)12-5-6-12)22(20,21)9-10-1-2-10/h7-8,10-12H,1-6,9H2. The molecular formula is C17H19ClO3S. The van der Waals surface area contributed by atoms with Crippen molar-refractivity contribution < 1.29 is 13.2 Å². The Bertz CT molecular complexity index is 741. The van der Waals surface area contributed by atoms with Crippen molar-refractivity contribution >= 4 is 26.7 Å². The average molecular weight is 339 g/mol. The fourth-order valence-corrected chi connectivity index (χ4v) is 5.80. The molecule has 22 heavy (non-hydrogen) atoms. The highest BCUT2D eigenvalue weighted by Gasteiger charge is 2.40. The van der Waals surface area contributed by atoms with Crippen molar-refractivity contribution in [3.63, 3.8) is 0 Å². The van der Waals surface area contributed by atoms with Gasteiger partial charge in [-0.15, -0.1) is 0 Å². The third kappa shape index (κ3) is 2.71. The molecule has 3 aliphatic carbocycles. The first-order chi connectivity index (χ1) is 10.5. The maximum absolute atomic E-state index is 13.0. The van der Waals surface area contributed by atoms with Gasteiger partial charge in [-0.1, -0.05) is 6.07 Å². The number of hydrogen-bond acceptors (Lipinski definition) is 3. The topological polar surface area (TPSA) is 51.2 Å². The van der Waals surface area contributed by atoms with Crippen molar-refractivity contribution in [3.8, 4) is 0 Å². The second-order valence-corrected chi connectivity index (χ2v) is 9.31. The van der Waals surface area contributed by atoms with Gasteiger partial charge in [-0.25, -0.2) is 8.42 Å². The van der Waals surface area contributed by atoms with Gasteiger partial charge in [0.05, 0.1) is 10.6 Å². The van der Waals surface area contributed by atoms with Crippen LogP contribution in [0.4, 0.5) is 0 Å². The normalized spacial score (nSPS) is 21.9. The molecule has 0 unspecified atom stereocenters. The van der Waals surface area contributed by atoms with E-state index < -0.39 is 15.1 Å². The van der Waals surface area contributed by atoms with Crippen LogP contribution in [-0.2, 0) is 9.84 Å². The zero-order valence-corrected chi connectivity index (χ0v) is 13.9. The highest BCUT2D eigenvalue weighted by atomic mass is 35.5. The molecule has 0 aromatic heterocycles. The predicted octanol–water partition coefficient (Wildman–Crippen LogP) is 4.00. The lowest BCUT2D eigenvalue weighted by atomic mass is 9.98. The molecule has 0 amide bonds. The minimum absolute atomic E-state index is 0.195. The van der Waals surface area contributed by atoms with Crippen LogP contribution in [0.2, 0.25) is 0 Å². The zero-order chi connectivity index (χ0) is 15.5. The maximum Gasteiger partial charge on any atom is 0.252 e. The summed E-state index contributed by atoms with van der Waals surface area (Å²) in [5.41, 5.74) is 2.07. The number of hydrogen-bond donors (Lipinski definition) is 0. The number of carbonyl (C=O) groups excluding carboxylic acids is 1. The van der Waals surface area contributed by atoms with E-state index in [1.54, 1.807) is 6.07 Å². The summed E-state index contributed by atoms with van der Waals surface area (Å²) in [5, 5.41) is -0.535. The van der Waals surface area contributed by atoms with E-state index in [2.05, 4.69) is 0 Å². The van der Waals surface area contributed by atoms with Gasteiger partial charge in [0.25, 0.3) is 5.24 Å². The first kappa shape index (κ1) is 14.7. The lowest BCUT2D eigenvalue weighted by molar-refractivity contribution is 0.108. The average Bonchev–Trinajstić information content (AvgIpc) is 3.31. The molecule has 3 fully saturated rings. The Morgan fingerprint density at radius 3 is 2.18 bits per heavy atom. The molecule has 0 heterocycles. The summed E-state index contributed by atoms with van der Waals surface area (Å²) < 4.78 is 26.0. The minimum atomic E-state index is -3.34. The van der Waals surface area contributed by atoms with E-state index in [1.165, 1.54) is 0 Å². The second-order valence-electron chi connectivity index (χ2n) is 6.99. The Morgan fingerprint density at radius 1 is 1.05 bits per heavy atom. The molecule has 0 spiro atoms. The largest absolute Gasteiger partial charge is 0.276 e. The number of halogens is 1. The van der Waals surface area contributed by atoms with E-state index in [-0.39, 0.29) is 11.7 Å². The summed E-state index contributed by atoms with van der Waals surface area (Å²) in [5.74, 6) is 1.08. The van der Waals surface area contributed by atoms with Crippen LogP contribution in [0.25, 0.3) is 0 Å². The molecule has 118 valence electrons. The molecule has 1 aromatic rings. The van der Waals surface area contributed by atoms with E-state index in [0.29, 0.717) is 22.3 Å². The Labute approximate surface area is 136 Å². The number of sulfone groups is 1. The smallest absolute Gasteiger partial charge is 0.252 e. The quantitative estimate of drug-likeness (QED) is 0.736. The van der Waals surface area contributed by atoms with Crippen LogP contribution in [0, 0.1) is 5.92 Å². The molecule has 0 bridgehead atoms. The van der Waals surface area contributed by atoms with Crippen LogP contribution in [0.3, 0.4) is 0 Å². The van der Waals surface area contributed by atoms with Crippen LogP contribution in [-0.4, -0.2) is 19.4 Å². The molecule has 3 nitrogen and oxygen atoms in total. The number of carbonyl (C=O) groups is 1. The third-order valence-corrected chi connectivity index (χ3v) is 7.10. The van der Waals surface area contributed by atoms with E-state index in [1.807, 2.05) is 6.07 Å². The zero-order valence-electron chi connectivity index (χ0n) is 12.3. The molecule has 3 aliphatic rings. The number of benzene rings is 1. The molecule has 0 aliphatic heterocycles. The molecule has 0 radical (unpaired) electrons. The van der Waals surface area contributed by atoms with Crippen LogP contribution in [0.15, 0.2) is 17.0 Å². The van der Waals surface area contributed by atoms with Crippen LogP contribution >= 0.6 is 11.6 Å². The lowest BCUT2D eigenvalue weighted by Crippen LogP contribution is -2.15. The first-order valence-electron chi connectivity index (χ1n) is 8.07. The Hall–Kier alpha value is -0.870. The summed E-state index contributed by atoms with van der Waals surface area (Å²) >= 11 is 5.73. The van der Waals surface area contributed by atoms with Crippen LogP contribution < -0.4 is 0 Å². The molecule has 1 aromatic carbocycles. The van der Waals surface area contributed by atoms with E-state index >= 15 is 0 Å². The maximum atomic E-state index is 13.0. The predicted molar refractivity (Wildman–Crippen MR) is 85.4 cm³/mol. The van der Waals surface area contributed by atoms with Gasteiger partial charge in [0.1, 0.15) is 0 Å². The molecule has 5 heteroatoms. The summed E-state index contributed by atoms with van der Waals surface area (Å²) in [6.45, 7) is 0. The molecule has 0 saturated heterocycles. The van der Waals surface area contributed by atoms with Gasteiger partial charge < -0.3 is 0 Å². The summed E-state index contributed by atoms with van der Waals surface area (Å²) in [6.07, 6.45) is 6.01. The van der Waals surface area contributed by atoms with Crippen molar-refractivity contribution in [1.29, 1.82) is 0 Å². The SMILES string of the molecule is O=C(Cl)c1ccc(C2CC2)c(S(=O)(=O)CC2CC2)c1C1CC1. The summed E-state index contributed by atoms with van der Waals surface area (Å²) in [4.78, 5) is 12.2. The number of rotatable bonds is 6. The van der Waals surface area contributed by atoms with Crippen LogP contribution in [0.5, 0.6) is 0 Å². The Balaban J connectivity index is 1.91. The van der Waals surface area contributed by atoms with Gasteiger partial charge in [0.2, 0.25) is 0 Å². The molecular weight excluding hydrogens is 320 g/mol. The van der Waals surface area contributed by atoms with Crippen molar-refractivity contribution in [1.82, 2.24) is 0 Å². The van der Waals surface area contributed by atoms with Gasteiger partial charge in [-0.05, 0) is 85.1 Å². The van der Waals surface area contributed by atoms with E-state index in [4.69, 9.17) is 11.6 Å². The van der Waals surface area contributed by atoms with Crippen molar-refractivity contribution in [2.75, 3.05) is 5.75 Å². The van der Waals surface area contributed by atoms with Gasteiger partial charge in [0.15, 0.2) is 9.84 Å². The monoisotopic (exact) mass is 338 g/mol. The third-order valence-electron chi connectivity index (χ3n) is 4.90. The molecule has 0 N–H and O–H groups in total. The first-order valence-corrected chi connectivity index (χ1v) is 10.1. The molecule has 4 rings (SSSR count). The van der Waals surface area contributed by atoms with Gasteiger partial charge in [-0.2, -0.15) is 0 Å². The van der Waals surface area contributed by atoms with Gasteiger partial charge in [-0.3, -0.25) is 4.79 Å². The van der Waals surface area contributed by atoms with Gasteiger partial charge in [0, 0.05) is 5.56 Å². The fourth-order valence-electron chi connectivity index (χ4n) is 3.31. The Kier molecular flexibility index (Phi) is 3.39. The highest BCUT2D eigenvalue weighted by molar-refractivity contribution is 7.91. The Morgan fingerprint density at radius 2 is 1.68 bits per heavy atom. The van der Waals surface area contributed by atoms with Crippen molar-refractivity contribution in [2.24, 2.45) is 5.92 Å². The molecule has 0 atom stereocenters. The van der Waals surface area contributed by atoms with Gasteiger partial charge >= 0.3 is 0 Å². The van der Waals surface area contributed by atoms with Crippen molar-refractivity contribution in [2.45, 2.75) is 55.3 Å². The highest BCUT2D eigenvalue weighted by Crippen LogP contribution is 2.51. The molecule has 3 saturated carbocycles. The van der Waals surface area contributed by atoms with Crippen molar-refractivity contribution in [3.05, 3.63) is 28.8 Å². The fraction of sp³-hybridized carbons (Fsp3) is 0.588.